The molecule has 158 valence electrons. The highest BCUT2D eigenvalue weighted by atomic mass is 32.2. The Hall–Kier alpha value is -3.33. The average Bonchev–Trinajstić information content (AvgIpc) is 2.92. The Morgan fingerprint density at radius 2 is 1.50 bits per heavy atom. The van der Waals surface area contributed by atoms with Crippen LogP contribution in [0.3, 0.4) is 0 Å². The van der Waals surface area contributed by atoms with Crippen LogP contribution in [0.25, 0.3) is 4.91 Å². The van der Waals surface area contributed by atoms with Gasteiger partial charge in [-0.2, -0.15) is 0 Å². The van der Waals surface area contributed by atoms with E-state index in [1.54, 1.807) is 55.6 Å². The quantitative estimate of drug-likeness (QED) is 0.720. The van der Waals surface area contributed by atoms with Crippen molar-refractivity contribution in [1.29, 1.82) is 0 Å². The summed E-state index contributed by atoms with van der Waals surface area (Å²) < 4.78 is 36.7. The first-order valence-electron chi connectivity index (χ1n) is 9.10. The van der Waals surface area contributed by atoms with E-state index in [2.05, 4.69) is 5.32 Å². The van der Waals surface area contributed by atoms with E-state index in [0.29, 0.717) is 21.4 Å². The molecule has 9 heteroatoms. The van der Waals surface area contributed by atoms with Gasteiger partial charge in [0.2, 0.25) is 5.91 Å². The van der Waals surface area contributed by atoms with Gasteiger partial charge >= 0.3 is 0 Å². The van der Waals surface area contributed by atoms with Crippen molar-refractivity contribution in [2.75, 3.05) is 20.8 Å². The number of rotatable bonds is 7. The second-order valence-corrected chi connectivity index (χ2v) is 8.42. The molecule has 0 aromatic heterocycles. The molecule has 0 unspecified atom stereocenters. The highest BCUT2D eigenvalue weighted by Crippen LogP contribution is 2.35. The van der Waals surface area contributed by atoms with Crippen LogP contribution in [0.15, 0.2) is 54.1 Å². The van der Waals surface area contributed by atoms with Crippen molar-refractivity contribution in [1.82, 2.24) is 9.62 Å². The maximum Gasteiger partial charge on any atom is 0.268 e. The zero-order valence-electron chi connectivity index (χ0n) is 16.8. The van der Waals surface area contributed by atoms with E-state index in [4.69, 9.17) is 9.47 Å². The summed E-state index contributed by atoms with van der Waals surface area (Å²) in [5.74, 6) is -0.0353. The SMILES string of the molecule is COc1ccc(CNC(=O)CN2C(=O)C(C)=C(c3ccc(OC)cc3)S2(=O)=O)cc1. The Morgan fingerprint density at radius 1 is 0.967 bits per heavy atom. The molecule has 30 heavy (non-hydrogen) atoms. The highest BCUT2D eigenvalue weighted by molar-refractivity contribution is 7.99. The van der Waals surface area contributed by atoms with Gasteiger partial charge in [0.15, 0.2) is 0 Å². The molecular weight excluding hydrogens is 408 g/mol. The molecule has 8 nitrogen and oxygen atoms in total. The Balaban J connectivity index is 1.72. The third-order valence-electron chi connectivity index (χ3n) is 4.72. The summed E-state index contributed by atoms with van der Waals surface area (Å²) in [6.45, 7) is 1.05. The third kappa shape index (κ3) is 4.16. The van der Waals surface area contributed by atoms with E-state index in [1.165, 1.54) is 14.0 Å². The summed E-state index contributed by atoms with van der Waals surface area (Å²) in [6, 6.07) is 13.4. The Bertz CT molecular complexity index is 1090. The molecule has 0 spiro atoms. The number of sulfonamides is 1. The molecular formula is C21H22N2O6S. The fraction of sp³-hybridized carbons (Fsp3) is 0.238. The van der Waals surface area contributed by atoms with Crippen molar-refractivity contribution < 1.29 is 27.5 Å². The Labute approximate surface area is 175 Å². The molecule has 1 aliphatic heterocycles. The molecule has 2 aromatic carbocycles. The Kier molecular flexibility index (Phi) is 6.12. The van der Waals surface area contributed by atoms with E-state index >= 15 is 0 Å². The second kappa shape index (κ2) is 8.58. The zero-order valence-corrected chi connectivity index (χ0v) is 17.7. The van der Waals surface area contributed by atoms with Crippen molar-refractivity contribution in [3.8, 4) is 11.5 Å². The number of carbonyl (C=O) groups is 2. The number of methoxy groups -OCH3 is 2. The molecule has 1 heterocycles. The van der Waals surface area contributed by atoms with Crippen molar-refractivity contribution in [2.45, 2.75) is 13.5 Å². The first-order valence-corrected chi connectivity index (χ1v) is 10.5. The van der Waals surface area contributed by atoms with Crippen LogP contribution in [0.5, 0.6) is 11.5 Å². The minimum atomic E-state index is -4.14. The van der Waals surface area contributed by atoms with Crippen LogP contribution in [-0.2, 0) is 26.2 Å². The maximum atomic E-state index is 13.0. The van der Waals surface area contributed by atoms with E-state index in [-0.39, 0.29) is 17.0 Å². The number of carbonyl (C=O) groups excluding carboxylic acids is 2. The minimum Gasteiger partial charge on any atom is -0.497 e. The number of hydrogen-bond acceptors (Lipinski definition) is 6. The lowest BCUT2D eigenvalue weighted by atomic mass is 10.1. The maximum absolute atomic E-state index is 13.0. The number of nitrogens with zero attached hydrogens (tertiary/aromatic N) is 1. The molecule has 0 saturated carbocycles. The van der Waals surface area contributed by atoms with Gasteiger partial charge in [0.25, 0.3) is 15.9 Å². The molecule has 2 amide bonds. The van der Waals surface area contributed by atoms with Gasteiger partial charge < -0.3 is 14.8 Å². The molecule has 0 fully saturated rings. The van der Waals surface area contributed by atoms with Gasteiger partial charge in [0.05, 0.1) is 14.2 Å². The molecule has 3 rings (SSSR count). The lowest BCUT2D eigenvalue weighted by Crippen LogP contribution is -2.40. The number of amides is 2. The average molecular weight is 430 g/mol. The fourth-order valence-corrected chi connectivity index (χ4v) is 4.86. The van der Waals surface area contributed by atoms with Crippen molar-refractivity contribution in [3.63, 3.8) is 0 Å². The van der Waals surface area contributed by atoms with Crippen LogP contribution in [0, 0.1) is 0 Å². The fourth-order valence-electron chi connectivity index (χ4n) is 3.09. The largest absolute Gasteiger partial charge is 0.497 e. The molecule has 2 aromatic rings. The number of hydrogen-bond donors (Lipinski definition) is 1. The first-order chi connectivity index (χ1) is 14.3. The second-order valence-electron chi connectivity index (χ2n) is 6.62. The molecule has 0 atom stereocenters. The molecule has 0 aliphatic carbocycles. The molecule has 0 radical (unpaired) electrons. The molecule has 0 bridgehead atoms. The van der Waals surface area contributed by atoms with Gasteiger partial charge in [-0.3, -0.25) is 9.59 Å². The van der Waals surface area contributed by atoms with Gasteiger partial charge in [-0.05, 0) is 54.4 Å². The topological polar surface area (TPSA) is 102 Å². The summed E-state index contributed by atoms with van der Waals surface area (Å²) in [6.07, 6.45) is 0. The van der Waals surface area contributed by atoms with Crippen molar-refractivity contribution >= 4 is 26.7 Å². The number of ether oxygens (including phenoxy) is 2. The zero-order chi connectivity index (χ0) is 21.9. The van der Waals surface area contributed by atoms with E-state index < -0.39 is 28.4 Å². The van der Waals surface area contributed by atoms with Gasteiger partial charge in [0.1, 0.15) is 22.9 Å². The molecule has 0 saturated heterocycles. The minimum absolute atomic E-state index is 0.0723. The van der Waals surface area contributed by atoms with Crippen LogP contribution >= 0.6 is 0 Å². The summed E-state index contributed by atoms with van der Waals surface area (Å²) in [4.78, 5) is 24.8. The summed E-state index contributed by atoms with van der Waals surface area (Å²) in [5, 5.41) is 2.63. The van der Waals surface area contributed by atoms with Crippen LogP contribution in [0.2, 0.25) is 0 Å². The number of benzene rings is 2. The normalized spacial score (nSPS) is 15.3. The first kappa shape index (κ1) is 21.4. The Morgan fingerprint density at radius 3 is 2.03 bits per heavy atom. The standard InChI is InChI=1S/C21H22N2O6S/c1-14-20(16-6-10-18(29-3)11-7-16)30(26,27)23(21(14)25)13-19(24)22-12-15-4-8-17(28-2)9-5-15/h4-11H,12-13H2,1-3H3,(H,22,24). The van der Waals surface area contributed by atoms with Crippen LogP contribution in [0.1, 0.15) is 18.1 Å². The lowest BCUT2D eigenvalue weighted by Gasteiger charge is -2.16. The highest BCUT2D eigenvalue weighted by Gasteiger charge is 2.43. The van der Waals surface area contributed by atoms with E-state index in [9.17, 15) is 18.0 Å². The van der Waals surface area contributed by atoms with Crippen molar-refractivity contribution in [3.05, 3.63) is 65.2 Å². The van der Waals surface area contributed by atoms with E-state index in [0.717, 1.165) is 5.56 Å². The van der Waals surface area contributed by atoms with Crippen molar-refractivity contribution in [2.24, 2.45) is 0 Å². The lowest BCUT2D eigenvalue weighted by molar-refractivity contribution is -0.128. The predicted octanol–water partition coefficient (Wildman–Crippen LogP) is 1.92. The van der Waals surface area contributed by atoms with Crippen LogP contribution < -0.4 is 14.8 Å². The summed E-state index contributed by atoms with van der Waals surface area (Å²) in [7, 11) is -1.08. The van der Waals surface area contributed by atoms with Crippen LogP contribution in [-0.4, -0.2) is 45.3 Å². The third-order valence-corrected chi connectivity index (χ3v) is 6.66. The number of nitrogens with one attached hydrogen (secondary N) is 1. The van der Waals surface area contributed by atoms with Gasteiger partial charge in [-0.25, -0.2) is 12.7 Å². The molecule has 1 aliphatic rings. The van der Waals surface area contributed by atoms with Gasteiger partial charge in [-0.15, -0.1) is 0 Å². The smallest absolute Gasteiger partial charge is 0.268 e. The monoisotopic (exact) mass is 430 g/mol. The van der Waals surface area contributed by atoms with Gasteiger partial charge in [-0.1, -0.05) is 12.1 Å². The summed E-state index contributed by atoms with van der Waals surface area (Å²) in [5.41, 5.74) is 1.25. The van der Waals surface area contributed by atoms with Crippen LogP contribution in [0.4, 0.5) is 0 Å². The van der Waals surface area contributed by atoms with Gasteiger partial charge in [0, 0.05) is 12.1 Å². The predicted molar refractivity (Wildman–Crippen MR) is 111 cm³/mol. The van der Waals surface area contributed by atoms with E-state index in [1.807, 2.05) is 0 Å². The molecule has 1 N–H and O–H groups in total. The summed E-state index contributed by atoms with van der Waals surface area (Å²) >= 11 is 0.